The molecule has 110 valence electrons. The van der Waals surface area contributed by atoms with Gasteiger partial charge in [-0.2, -0.15) is 0 Å². The molecule has 0 fully saturated rings. The van der Waals surface area contributed by atoms with Crippen LogP contribution >= 0.6 is 15.9 Å². The summed E-state index contributed by atoms with van der Waals surface area (Å²) in [6.45, 7) is 3.62. The maximum atomic E-state index is 12.1. The average molecular weight is 349 g/mol. The Hall–Kier alpha value is -1.88. The second-order valence-corrected chi connectivity index (χ2v) is 5.61. The number of aromatic nitrogens is 1. The third-order valence-corrected chi connectivity index (χ3v) is 3.51. The van der Waals surface area contributed by atoms with Gasteiger partial charge in [0.15, 0.2) is 6.10 Å². The molecule has 2 rings (SSSR count). The summed E-state index contributed by atoms with van der Waals surface area (Å²) in [5.74, 6) is 0.488. The van der Waals surface area contributed by atoms with Crippen molar-refractivity contribution in [1.29, 1.82) is 0 Å². The molecule has 0 aliphatic carbocycles. The van der Waals surface area contributed by atoms with E-state index in [9.17, 15) is 4.79 Å². The summed E-state index contributed by atoms with van der Waals surface area (Å²) in [4.78, 5) is 16.3. The van der Waals surface area contributed by atoms with E-state index < -0.39 is 6.10 Å². The van der Waals surface area contributed by atoms with E-state index in [0.717, 1.165) is 10.2 Å². The van der Waals surface area contributed by atoms with Crippen molar-refractivity contribution in [3.63, 3.8) is 0 Å². The highest BCUT2D eigenvalue weighted by molar-refractivity contribution is 9.10. The first-order valence-corrected chi connectivity index (χ1v) is 7.49. The molecule has 0 aliphatic rings. The van der Waals surface area contributed by atoms with Crippen LogP contribution in [-0.2, 0) is 4.79 Å². The van der Waals surface area contributed by atoms with Crippen molar-refractivity contribution >= 4 is 21.8 Å². The Bertz CT molecular complexity index is 587. The number of hydrogen-bond donors (Lipinski definition) is 1. The fourth-order valence-electron chi connectivity index (χ4n) is 1.81. The van der Waals surface area contributed by atoms with E-state index in [1.807, 2.05) is 49.4 Å². The molecule has 1 N–H and O–H groups in total. The van der Waals surface area contributed by atoms with Crippen molar-refractivity contribution in [3.05, 3.63) is 58.8 Å². The zero-order valence-electron chi connectivity index (χ0n) is 11.9. The molecule has 0 aliphatic heterocycles. The summed E-state index contributed by atoms with van der Waals surface area (Å²) in [7, 11) is 0. The van der Waals surface area contributed by atoms with Gasteiger partial charge in [0, 0.05) is 10.7 Å². The summed E-state index contributed by atoms with van der Waals surface area (Å²) in [5.41, 5.74) is 0.821. The monoisotopic (exact) mass is 348 g/mol. The molecule has 1 aromatic carbocycles. The van der Waals surface area contributed by atoms with Crippen LogP contribution in [0.15, 0.2) is 53.1 Å². The minimum Gasteiger partial charge on any atom is -0.481 e. The highest BCUT2D eigenvalue weighted by Gasteiger charge is 2.18. The number of nitrogens with zero attached hydrogens (tertiary/aromatic N) is 1. The molecule has 21 heavy (non-hydrogen) atoms. The summed E-state index contributed by atoms with van der Waals surface area (Å²) >= 11 is 3.36. The van der Waals surface area contributed by atoms with Gasteiger partial charge in [0.05, 0.1) is 11.7 Å². The second kappa shape index (κ2) is 7.22. The van der Waals surface area contributed by atoms with Crippen LogP contribution in [0, 0.1) is 0 Å². The van der Waals surface area contributed by atoms with E-state index in [4.69, 9.17) is 4.74 Å². The topological polar surface area (TPSA) is 51.2 Å². The van der Waals surface area contributed by atoms with Gasteiger partial charge in [-0.3, -0.25) is 9.78 Å². The number of carbonyl (C=O) groups excluding carboxylic acids is 1. The molecule has 2 aromatic rings. The summed E-state index contributed by atoms with van der Waals surface area (Å²) in [6, 6.07) is 12.8. The molecule has 0 saturated heterocycles. The van der Waals surface area contributed by atoms with Crippen molar-refractivity contribution < 1.29 is 9.53 Å². The van der Waals surface area contributed by atoms with Gasteiger partial charge < -0.3 is 10.1 Å². The maximum absolute atomic E-state index is 12.1. The highest BCUT2D eigenvalue weighted by Crippen LogP contribution is 2.17. The minimum atomic E-state index is -0.572. The number of halogens is 1. The number of ether oxygens (including phenoxy) is 1. The lowest BCUT2D eigenvalue weighted by Crippen LogP contribution is -2.38. The van der Waals surface area contributed by atoms with Crippen molar-refractivity contribution in [2.75, 3.05) is 0 Å². The number of carbonyl (C=O) groups is 1. The van der Waals surface area contributed by atoms with Crippen molar-refractivity contribution in [3.8, 4) is 5.75 Å². The Morgan fingerprint density at radius 2 is 1.90 bits per heavy atom. The van der Waals surface area contributed by atoms with Gasteiger partial charge in [0.25, 0.3) is 5.91 Å². The molecular formula is C16H17BrN2O2. The predicted octanol–water partition coefficient (Wildman–Crippen LogP) is 3.49. The summed E-state index contributed by atoms with van der Waals surface area (Å²) in [6.07, 6.45) is 1.14. The molecule has 4 nitrogen and oxygen atoms in total. The minimum absolute atomic E-state index is 0.158. The Morgan fingerprint density at radius 1 is 1.19 bits per heavy atom. The predicted molar refractivity (Wildman–Crippen MR) is 85.0 cm³/mol. The van der Waals surface area contributed by atoms with E-state index >= 15 is 0 Å². The highest BCUT2D eigenvalue weighted by atomic mass is 79.9. The van der Waals surface area contributed by atoms with E-state index in [-0.39, 0.29) is 11.9 Å². The molecule has 1 amide bonds. The second-order valence-electron chi connectivity index (χ2n) is 4.70. The Morgan fingerprint density at radius 3 is 2.52 bits per heavy atom. The van der Waals surface area contributed by atoms with Crippen LogP contribution in [0.2, 0.25) is 0 Å². The molecule has 1 heterocycles. The standard InChI is InChI=1S/C16H17BrN2O2/c1-11(15-5-3-4-10-18-15)19-16(20)12(2)21-14-8-6-13(17)7-9-14/h3-12H,1-2H3,(H,19,20)/t11-,12-/m0/s1. The molecule has 0 saturated carbocycles. The molecule has 0 bridgehead atoms. The lowest BCUT2D eigenvalue weighted by molar-refractivity contribution is -0.127. The number of hydrogen-bond acceptors (Lipinski definition) is 3. The van der Waals surface area contributed by atoms with Crippen LogP contribution in [0.25, 0.3) is 0 Å². The van der Waals surface area contributed by atoms with E-state index in [1.54, 1.807) is 13.1 Å². The third-order valence-electron chi connectivity index (χ3n) is 2.99. The Labute approximate surface area is 132 Å². The smallest absolute Gasteiger partial charge is 0.261 e. The maximum Gasteiger partial charge on any atom is 0.261 e. The van der Waals surface area contributed by atoms with Crippen molar-refractivity contribution in [2.45, 2.75) is 26.0 Å². The molecule has 2 atom stereocenters. The van der Waals surface area contributed by atoms with Crippen LogP contribution in [0.1, 0.15) is 25.6 Å². The lowest BCUT2D eigenvalue weighted by atomic mass is 10.2. The van der Waals surface area contributed by atoms with Gasteiger partial charge >= 0.3 is 0 Å². The average Bonchev–Trinajstić information content (AvgIpc) is 2.50. The van der Waals surface area contributed by atoms with E-state index in [2.05, 4.69) is 26.2 Å². The molecule has 5 heteroatoms. The number of benzene rings is 1. The molecule has 0 unspecified atom stereocenters. The molecule has 1 aromatic heterocycles. The van der Waals surface area contributed by atoms with Crippen LogP contribution in [0.4, 0.5) is 0 Å². The first-order chi connectivity index (χ1) is 10.1. The normalized spacial score (nSPS) is 13.3. The number of nitrogens with one attached hydrogen (secondary N) is 1. The third kappa shape index (κ3) is 4.56. The molecule has 0 radical (unpaired) electrons. The number of rotatable bonds is 5. The lowest BCUT2D eigenvalue weighted by Gasteiger charge is -2.18. The molecular weight excluding hydrogens is 332 g/mol. The van der Waals surface area contributed by atoms with E-state index in [1.165, 1.54) is 0 Å². The van der Waals surface area contributed by atoms with Gasteiger partial charge in [0.2, 0.25) is 0 Å². The fraction of sp³-hybridized carbons (Fsp3) is 0.250. The number of pyridine rings is 1. The summed E-state index contributed by atoms with van der Waals surface area (Å²) in [5, 5.41) is 2.89. The van der Waals surface area contributed by atoms with Gasteiger partial charge in [-0.25, -0.2) is 0 Å². The largest absolute Gasteiger partial charge is 0.481 e. The van der Waals surface area contributed by atoms with Crippen LogP contribution in [0.5, 0.6) is 5.75 Å². The van der Waals surface area contributed by atoms with Gasteiger partial charge in [0.1, 0.15) is 5.75 Å². The van der Waals surface area contributed by atoms with Crippen molar-refractivity contribution in [2.24, 2.45) is 0 Å². The molecule has 0 spiro atoms. The zero-order valence-corrected chi connectivity index (χ0v) is 13.5. The van der Waals surface area contributed by atoms with Gasteiger partial charge in [-0.1, -0.05) is 22.0 Å². The zero-order chi connectivity index (χ0) is 15.2. The Kier molecular flexibility index (Phi) is 5.33. The first kappa shape index (κ1) is 15.5. The number of amides is 1. The first-order valence-electron chi connectivity index (χ1n) is 6.70. The van der Waals surface area contributed by atoms with Crippen LogP contribution < -0.4 is 10.1 Å². The van der Waals surface area contributed by atoms with Gasteiger partial charge in [-0.15, -0.1) is 0 Å². The van der Waals surface area contributed by atoms with E-state index in [0.29, 0.717) is 5.75 Å². The van der Waals surface area contributed by atoms with Crippen LogP contribution in [-0.4, -0.2) is 17.0 Å². The fourth-order valence-corrected chi connectivity index (χ4v) is 2.07. The SMILES string of the molecule is C[C@H](Oc1ccc(Br)cc1)C(=O)N[C@@H](C)c1ccccn1. The Balaban J connectivity index is 1.92. The quantitative estimate of drug-likeness (QED) is 0.899. The van der Waals surface area contributed by atoms with Crippen LogP contribution in [0.3, 0.4) is 0 Å². The van der Waals surface area contributed by atoms with Gasteiger partial charge in [-0.05, 0) is 50.2 Å². The van der Waals surface area contributed by atoms with Crippen molar-refractivity contribution in [1.82, 2.24) is 10.3 Å². The summed E-state index contributed by atoms with van der Waals surface area (Å²) < 4.78 is 6.58.